The molecule has 0 radical (unpaired) electrons. The SMILES string of the molecule is NC(Cc1ccc(Cl)cc1)c1cncc(Br)c1. The van der Waals surface area contributed by atoms with Crippen LogP contribution in [-0.4, -0.2) is 4.98 Å². The molecule has 1 unspecified atom stereocenters. The summed E-state index contributed by atoms with van der Waals surface area (Å²) in [4.78, 5) is 4.11. The Morgan fingerprint density at radius 2 is 1.94 bits per heavy atom. The summed E-state index contributed by atoms with van der Waals surface area (Å²) in [7, 11) is 0. The molecular weight excluding hydrogens is 300 g/mol. The monoisotopic (exact) mass is 310 g/mol. The van der Waals surface area contributed by atoms with E-state index in [9.17, 15) is 0 Å². The molecule has 0 bridgehead atoms. The van der Waals surface area contributed by atoms with Crippen LogP contribution in [-0.2, 0) is 6.42 Å². The molecule has 0 saturated heterocycles. The van der Waals surface area contributed by atoms with Crippen molar-refractivity contribution < 1.29 is 0 Å². The summed E-state index contributed by atoms with van der Waals surface area (Å²) in [6, 6.07) is 9.68. The molecule has 0 fully saturated rings. The number of nitrogens with two attached hydrogens (primary N) is 1. The zero-order valence-electron chi connectivity index (χ0n) is 9.11. The van der Waals surface area contributed by atoms with Crippen LogP contribution >= 0.6 is 27.5 Å². The minimum Gasteiger partial charge on any atom is -0.324 e. The second-order valence-electron chi connectivity index (χ2n) is 3.87. The van der Waals surface area contributed by atoms with E-state index in [2.05, 4.69) is 20.9 Å². The highest BCUT2D eigenvalue weighted by molar-refractivity contribution is 9.10. The largest absolute Gasteiger partial charge is 0.324 e. The molecule has 0 aliphatic rings. The van der Waals surface area contributed by atoms with Crippen molar-refractivity contribution in [3.05, 3.63) is 63.3 Å². The van der Waals surface area contributed by atoms with Crippen molar-refractivity contribution in [2.45, 2.75) is 12.5 Å². The van der Waals surface area contributed by atoms with Gasteiger partial charge in [-0.15, -0.1) is 0 Å². The Kier molecular flexibility index (Phi) is 4.15. The van der Waals surface area contributed by atoms with Gasteiger partial charge in [0.05, 0.1) is 0 Å². The summed E-state index contributed by atoms with van der Waals surface area (Å²) in [6.07, 6.45) is 4.32. The molecule has 88 valence electrons. The molecule has 1 heterocycles. The molecule has 2 N–H and O–H groups in total. The first-order chi connectivity index (χ1) is 8.15. The van der Waals surface area contributed by atoms with Crippen LogP contribution in [0.4, 0.5) is 0 Å². The number of rotatable bonds is 3. The highest BCUT2D eigenvalue weighted by Crippen LogP contribution is 2.19. The van der Waals surface area contributed by atoms with Crippen molar-refractivity contribution in [2.75, 3.05) is 0 Å². The molecule has 0 aliphatic carbocycles. The number of nitrogens with zero attached hydrogens (tertiary/aromatic N) is 1. The third-order valence-corrected chi connectivity index (χ3v) is 3.21. The van der Waals surface area contributed by atoms with Crippen molar-refractivity contribution in [1.29, 1.82) is 0 Å². The maximum absolute atomic E-state index is 6.14. The second kappa shape index (κ2) is 5.63. The summed E-state index contributed by atoms with van der Waals surface area (Å²) in [5.74, 6) is 0. The smallest absolute Gasteiger partial charge is 0.0410 e. The van der Waals surface area contributed by atoms with E-state index < -0.39 is 0 Å². The lowest BCUT2D eigenvalue weighted by Gasteiger charge is -2.12. The van der Waals surface area contributed by atoms with Crippen LogP contribution in [0.1, 0.15) is 17.2 Å². The van der Waals surface area contributed by atoms with E-state index in [-0.39, 0.29) is 6.04 Å². The second-order valence-corrected chi connectivity index (χ2v) is 5.23. The Hall–Kier alpha value is -0.900. The predicted octanol–water partition coefficient (Wildman–Crippen LogP) is 3.74. The third-order valence-electron chi connectivity index (χ3n) is 2.52. The van der Waals surface area contributed by atoms with Gasteiger partial charge in [0.1, 0.15) is 0 Å². The fraction of sp³-hybridized carbons (Fsp3) is 0.154. The molecule has 1 aromatic heterocycles. The Morgan fingerprint density at radius 1 is 1.24 bits per heavy atom. The number of hydrogen-bond acceptors (Lipinski definition) is 2. The van der Waals surface area contributed by atoms with Gasteiger partial charge in [-0.2, -0.15) is 0 Å². The standard InChI is InChI=1S/C13H12BrClN2/c14-11-6-10(7-17-8-11)13(16)5-9-1-3-12(15)4-2-9/h1-4,6-8,13H,5,16H2. The molecule has 17 heavy (non-hydrogen) atoms. The van der Waals surface area contributed by atoms with E-state index in [0.29, 0.717) is 0 Å². The van der Waals surface area contributed by atoms with Gasteiger partial charge in [-0.05, 0) is 51.7 Å². The quantitative estimate of drug-likeness (QED) is 0.938. The molecule has 0 amide bonds. The maximum atomic E-state index is 6.14. The van der Waals surface area contributed by atoms with Crippen molar-refractivity contribution in [3.8, 4) is 0 Å². The number of halogens is 2. The molecule has 0 saturated carbocycles. The normalized spacial score (nSPS) is 12.4. The first-order valence-electron chi connectivity index (χ1n) is 5.25. The lowest BCUT2D eigenvalue weighted by molar-refractivity contribution is 0.717. The maximum Gasteiger partial charge on any atom is 0.0410 e. The Labute approximate surface area is 114 Å². The third kappa shape index (κ3) is 3.53. The van der Waals surface area contributed by atoms with E-state index in [0.717, 1.165) is 21.5 Å². The van der Waals surface area contributed by atoms with Crippen LogP contribution in [0.5, 0.6) is 0 Å². The molecule has 2 nitrogen and oxygen atoms in total. The summed E-state index contributed by atoms with van der Waals surface area (Å²) in [6.45, 7) is 0. The Morgan fingerprint density at radius 3 is 2.59 bits per heavy atom. The van der Waals surface area contributed by atoms with Crippen molar-refractivity contribution >= 4 is 27.5 Å². The van der Waals surface area contributed by atoms with E-state index >= 15 is 0 Å². The van der Waals surface area contributed by atoms with Crippen LogP contribution in [0.25, 0.3) is 0 Å². The average molecular weight is 312 g/mol. The zero-order chi connectivity index (χ0) is 12.3. The molecule has 0 spiro atoms. The molecule has 1 aromatic carbocycles. The predicted molar refractivity (Wildman–Crippen MR) is 74.0 cm³/mol. The van der Waals surface area contributed by atoms with Crippen LogP contribution in [0.2, 0.25) is 5.02 Å². The number of benzene rings is 1. The van der Waals surface area contributed by atoms with Crippen LogP contribution in [0.3, 0.4) is 0 Å². The van der Waals surface area contributed by atoms with Gasteiger partial charge in [-0.1, -0.05) is 23.7 Å². The van der Waals surface area contributed by atoms with Gasteiger partial charge in [0, 0.05) is 27.9 Å². The fourth-order valence-corrected chi connectivity index (χ4v) is 2.13. The summed E-state index contributed by atoms with van der Waals surface area (Å²) >= 11 is 9.23. The first-order valence-corrected chi connectivity index (χ1v) is 6.43. The van der Waals surface area contributed by atoms with Gasteiger partial charge in [-0.25, -0.2) is 0 Å². The van der Waals surface area contributed by atoms with Gasteiger partial charge in [0.2, 0.25) is 0 Å². The minimum atomic E-state index is -0.0545. The number of aromatic nitrogens is 1. The lowest BCUT2D eigenvalue weighted by atomic mass is 10.0. The summed E-state index contributed by atoms with van der Waals surface area (Å²) in [5, 5.41) is 0.742. The lowest BCUT2D eigenvalue weighted by Crippen LogP contribution is -2.13. The van der Waals surface area contributed by atoms with E-state index in [1.54, 1.807) is 12.4 Å². The molecule has 0 aliphatic heterocycles. The molecule has 1 atom stereocenters. The molecular formula is C13H12BrClN2. The zero-order valence-corrected chi connectivity index (χ0v) is 11.4. The van der Waals surface area contributed by atoms with Crippen LogP contribution in [0, 0.1) is 0 Å². The average Bonchev–Trinajstić information content (AvgIpc) is 2.32. The Bertz CT molecular complexity index is 499. The fourth-order valence-electron chi connectivity index (χ4n) is 1.62. The number of pyridine rings is 1. The summed E-state index contributed by atoms with van der Waals surface area (Å²) < 4.78 is 0.946. The van der Waals surface area contributed by atoms with Crippen molar-refractivity contribution in [3.63, 3.8) is 0 Å². The van der Waals surface area contributed by atoms with Crippen LogP contribution < -0.4 is 5.73 Å². The number of hydrogen-bond donors (Lipinski definition) is 1. The first kappa shape index (κ1) is 12.6. The molecule has 4 heteroatoms. The highest BCUT2D eigenvalue weighted by Gasteiger charge is 2.07. The van der Waals surface area contributed by atoms with E-state index in [4.69, 9.17) is 17.3 Å². The van der Waals surface area contributed by atoms with E-state index in [1.807, 2.05) is 30.3 Å². The minimum absolute atomic E-state index is 0.0545. The van der Waals surface area contributed by atoms with Gasteiger partial charge in [-0.3, -0.25) is 4.98 Å². The van der Waals surface area contributed by atoms with Gasteiger partial charge < -0.3 is 5.73 Å². The van der Waals surface area contributed by atoms with Gasteiger partial charge >= 0.3 is 0 Å². The van der Waals surface area contributed by atoms with Crippen molar-refractivity contribution in [2.24, 2.45) is 5.73 Å². The van der Waals surface area contributed by atoms with Gasteiger partial charge in [0.25, 0.3) is 0 Å². The van der Waals surface area contributed by atoms with Gasteiger partial charge in [0.15, 0.2) is 0 Å². The molecule has 2 aromatic rings. The highest BCUT2D eigenvalue weighted by atomic mass is 79.9. The molecule has 2 rings (SSSR count). The Balaban J connectivity index is 2.11. The van der Waals surface area contributed by atoms with Crippen molar-refractivity contribution in [1.82, 2.24) is 4.98 Å². The topological polar surface area (TPSA) is 38.9 Å². The van der Waals surface area contributed by atoms with E-state index in [1.165, 1.54) is 5.56 Å². The van der Waals surface area contributed by atoms with Crippen LogP contribution in [0.15, 0.2) is 47.2 Å². The summed E-state index contributed by atoms with van der Waals surface area (Å²) in [5.41, 5.74) is 8.33.